The summed E-state index contributed by atoms with van der Waals surface area (Å²) in [6, 6.07) is 3.41. The van der Waals surface area contributed by atoms with Crippen LogP contribution in [-0.4, -0.2) is 35.6 Å². The fraction of sp³-hybridized carbons (Fsp3) is 0.200. The van der Waals surface area contributed by atoms with Gasteiger partial charge in [0.2, 0.25) is 0 Å². The first kappa shape index (κ1) is 13.2. The average Bonchev–Trinajstić information content (AvgIpc) is 2.23. The average molecular weight is 261 g/mol. The number of carboxylic acids is 1. The van der Waals surface area contributed by atoms with Crippen LogP contribution in [0.4, 0.5) is 14.9 Å². The van der Waals surface area contributed by atoms with E-state index in [2.05, 4.69) is 5.32 Å². The minimum absolute atomic E-state index is 0.0975. The fourth-order valence-corrected chi connectivity index (χ4v) is 1.26. The van der Waals surface area contributed by atoms with Crippen LogP contribution < -0.4 is 5.32 Å². The van der Waals surface area contributed by atoms with E-state index in [0.29, 0.717) is 0 Å². The molecule has 1 rings (SSSR count). The highest BCUT2D eigenvalue weighted by Gasteiger charge is 2.14. The number of hydrogen-bond acceptors (Lipinski definition) is 2. The molecule has 5 nitrogen and oxygen atoms in total. The highest BCUT2D eigenvalue weighted by atomic mass is 35.5. The van der Waals surface area contributed by atoms with Crippen LogP contribution in [0.15, 0.2) is 18.2 Å². The van der Waals surface area contributed by atoms with Crippen molar-refractivity contribution in [1.82, 2.24) is 4.90 Å². The summed E-state index contributed by atoms with van der Waals surface area (Å²) in [7, 11) is 1.28. The molecule has 0 aliphatic rings. The molecule has 2 N–H and O–H groups in total. The lowest BCUT2D eigenvalue weighted by Crippen LogP contribution is -2.35. The molecule has 0 aromatic heterocycles. The van der Waals surface area contributed by atoms with E-state index in [0.717, 1.165) is 4.90 Å². The first-order chi connectivity index (χ1) is 7.91. The molecule has 0 saturated heterocycles. The number of anilines is 1. The maximum absolute atomic E-state index is 13.4. The van der Waals surface area contributed by atoms with Gasteiger partial charge < -0.3 is 15.3 Å². The second kappa shape index (κ2) is 5.49. The Morgan fingerprint density at radius 1 is 1.53 bits per heavy atom. The quantitative estimate of drug-likeness (QED) is 0.874. The van der Waals surface area contributed by atoms with E-state index >= 15 is 0 Å². The Morgan fingerprint density at radius 2 is 2.18 bits per heavy atom. The second-order valence-corrected chi connectivity index (χ2v) is 3.69. The van der Waals surface area contributed by atoms with Gasteiger partial charge in [-0.2, -0.15) is 0 Å². The van der Waals surface area contributed by atoms with E-state index < -0.39 is 24.4 Å². The molecule has 2 amide bonds. The number of nitrogens with zero attached hydrogens (tertiary/aromatic N) is 1. The number of hydrogen-bond donors (Lipinski definition) is 2. The third kappa shape index (κ3) is 3.60. The Bertz CT molecular complexity index is 453. The predicted molar refractivity (Wildman–Crippen MR) is 60.7 cm³/mol. The van der Waals surface area contributed by atoms with Gasteiger partial charge in [-0.3, -0.25) is 4.79 Å². The van der Waals surface area contributed by atoms with E-state index in [1.54, 1.807) is 0 Å². The van der Waals surface area contributed by atoms with Crippen molar-refractivity contribution >= 4 is 29.3 Å². The first-order valence-electron chi connectivity index (χ1n) is 4.59. The fourth-order valence-electron chi connectivity index (χ4n) is 1.09. The number of amides is 2. The molecule has 0 radical (unpaired) electrons. The van der Waals surface area contributed by atoms with Crippen LogP contribution in [0.1, 0.15) is 0 Å². The van der Waals surface area contributed by atoms with Crippen molar-refractivity contribution < 1.29 is 19.1 Å². The van der Waals surface area contributed by atoms with Gasteiger partial charge in [0.15, 0.2) is 5.82 Å². The van der Waals surface area contributed by atoms with Crippen molar-refractivity contribution in [3.63, 3.8) is 0 Å². The molecule has 1 aromatic carbocycles. The SMILES string of the molecule is CN(CC(=O)O)C(=O)Nc1cccc(Cl)c1F. The maximum Gasteiger partial charge on any atom is 0.323 e. The molecule has 7 heteroatoms. The smallest absolute Gasteiger partial charge is 0.323 e. The molecule has 0 spiro atoms. The standard InChI is InChI=1S/C10H10ClFN2O3/c1-14(5-8(15)16)10(17)13-7-4-2-3-6(11)9(7)12/h2-4H,5H2,1H3,(H,13,17)(H,15,16). The van der Waals surface area contributed by atoms with Crippen molar-refractivity contribution in [2.24, 2.45) is 0 Å². The summed E-state index contributed by atoms with van der Waals surface area (Å²) in [6.07, 6.45) is 0. The summed E-state index contributed by atoms with van der Waals surface area (Å²) in [5.41, 5.74) is -0.0975. The Morgan fingerprint density at radius 3 is 2.76 bits per heavy atom. The largest absolute Gasteiger partial charge is 0.480 e. The Hall–Kier alpha value is -1.82. The minimum atomic E-state index is -1.16. The second-order valence-electron chi connectivity index (χ2n) is 3.28. The zero-order chi connectivity index (χ0) is 13.0. The number of aliphatic carboxylic acids is 1. The van der Waals surface area contributed by atoms with Crippen LogP contribution in [0, 0.1) is 5.82 Å². The lowest BCUT2D eigenvalue weighted by molar-refractivity contribution is -0.137. The zero-order valence-corrected chi connectivity index (χ0v) is 9.66. The van der Waals surface area contributed by atoms with Crippen molar-refractivity contribution in [3.05, 3.63) is 29.0 Å². The van der Waals surface area contributed by atoms with E-state index in [4.69, 9.17) is 16.7 Å². The molecule has 17 heavy (non-hydrogen) atoms. The molecular weight excluding hydrogens is 251 g/mol. The molecule has 0 bridgehead atoms. The van der Waals surface area contributed by atoms with E-state index in [1.807, 2.05) is 0 Å². The molecule has 0 fully saturated rings. The summed E-state index contributed by atoms with van der Waals surface area (Å²) >= 11 is 5.53. The number of benzene rings is 1. The van der Waals surface area contributed by atoms with Gasteiger partial charge >= 0.3 is 12.0 Å². The highest BCUT2D eigenvalue weighted by molar-refractivity contribution is 6.31. The molecule has 0 heterocycles. The molecule has 92 valence electrons. The van der Waals surface area contributed by atoms with Crippen molar-refractivity contribution in [1.29, 1.82) is 0 Å². The molecule has 0 aliphatic carbocycles. The van der Waals surface area contributed by atoms with Gasteiger partial charge in [-0.1, -0.05) is 17.7 Å². The van der Waals surface area contributed by atoms with Gasteiger partial charge in [0, 0.05) is 7.05 Å². The van der Waals surface area contributed by atoms with Crippen LogP contribution >= 0.6 is 11.6 Å². The van der Waals surface area contributed by atoms with Crippen LogP contribution in [0.3, 0.4) is 0 Å². The van der Waals surface area contributed by atoms with Crippen LogP contribution in [-0.2, 0) is 4.79 Å². The number of carbonyl (C=O) groups is 2. The summed E-state index contributed by atoms with van der Waals surface area (Å²) in [4.78, 5) is 22.7. The number of carbonyl (C=O) groups excluding carboxylic acids is 1. The van der Waals surface area contributed by atoms with E-state index in [-0.39, 0.29) is 10.7 Å². The summed E-state index contributed by atoms with van der Waals surface area (Å²) in [6.45, 7) is -0.478. The van der Waals surface area contributed by atoms with Crippen LogP contribution in [0.5, 0.6) is 0 Å². The molecular formula is C10H10ClFN2O3. The van der Waals surface area contributed by atoms with Crippen molar-refractivity contribution in [2.45, 2.75) is 0 Å². The topological polar surface area (TPSA) is 69.6 Å². The zero-order valence-electron chi connectivity index (χ0n) is 8.91. The van der Waals surface area contributed by atoms with Gasteiger partial charge in [-0.05, 0) is 12.1 Å². The number of nitrogens with one attached hydrogen (secondary N) is 1. The number of carboxylic acid groups (broad SMARTS) is 1. The third-order valence-electron chi connectivity index (χ3n) is 1.91. The van der Waals surface area contributed by atoms with Gasteiger partial charge in [-0.25, -0.2) is 9.18 Å². The van der Waals surface area contributed by atoms with E-state index in [1.165, 1.54) is 25.2 Å². The first-order valence-corrected chi connectivity index (χ1v) is 4.97. The van der Waals surface area contributed by atoms with Crippen molar-refractivity contribution in [2.75, 3.05) is 18.9 Å². The monoisotopic (exact) mass is 260 g/mol. The number of likely N-dealkylation sites (N-methyl/N-ethyl adjacent to an activating group) is 1. The highest BCUT2D eigenvalue weighted by Crippen LogP contribution is 2.22. The molecule has 0 saturated carbocycles. The molecule has 0 unspecified atom stereocenters. The number of urea groups is 1. The van der Waals surface area contributed by atoms with Crippen molar-refractivity contribution in [3.8, 4) is 0 Å². The summed E-state index contributed by atoms with van der Waals surface area (Å²) in [5.74, 6) is -1.92. The molecule has 0 aliphatic heterocycles. The summed E-state index contributed by atoms with van der Waals surface area (Å²) in [5, 5.41) is 10.6. The predicted octanol–water partition coefficient (Wildman–Crippen LogP) is 2.03. The summed E-state index contributed by atoms with van der Waals surface area (Å²) < 4.78 is 13.4. The van der Waals surface area contributed by atoms with Gasteiger partial charge in [-0.15, -0.1) is 0 Å². The lowest BCUT2D eigenvalue weighted by atomic mass is 10.3. The Kier molecular flexibility index (Phi) is 4.28. The van der Waals surface area contributed by atoms with Crippen LogP contribution in [0.2, 0.25) is 5.02 Å². The van der Waals surface area contributed by atoms with Gasteiger partial charge in [0.05, 0.1) is 10.7 Å². The molecule has 0 atom stereocenters. The van der Waals surface area contributed by atoms with E-state index in [9.17, 15) is 14.0 Å². The van der Waals surface area contributed by atoms with Gasteiger partial charge in [0.1, 0.15) is 6.54 Å². The molecule has 1 aromatic rings. The normalized spacial score (nSPS) is 9.82. The maximum atomic E-state index is 13.4. The minimum Gasteiger partial charge on any atom is -0.480 e. The Labute approximate surface area is 102 Å². The number of rotatable bonds is 3. The Balaban J connectivity index is 2.74. The lowest BCUT2D eigenvalue weighted by Gasteiger charge is -2.15. The van der Waals surface area contributed by atoms with Crippen LogP contribution in [0.25, 0.3) is 0 Å². The third-order valence-corrected chi connectivity index (χ3v) is 2.20. The van der Waals surface area contributed by atoms with Gasteiger partial charge in [0.25, 0.3) is 0 Å². The number of halogens is 2.